The van der Waals surface area contributed by atoms with Crippen molar-refractivity contribution in [2.75, 3.05) is 20.7 Å². The molecule has 0 saturated carbocycles. The van der Waals surface area contributed by atoms with E-state index < -0.39 is 53.3 Å². The molecule has 0 unspecified atom stereocenters. The smallest absolute Gasteiger partial charge is 0.344 e. The van der Waals surface area contributed by atoms with Crippen LogP contribution in [-0.2, 0) is 35.7 Å². The maximum Gasteiger partial charge on any atom is 0.344 e. The number of aliphatic hydroxyl groups excluding tert-OH is 2. The Morgan fingerprint density at radius 2 is 1.89 bits per heavy atom. The van der Waals surface area contributed by atoms with Crippen molar-refractivity contribution in [1.29, 1.82) is 0 Å². The van der Waals surface area contributed by atoms with Crippen molar-refractivity contribution in [2.45, 2.75) is 67.7 Å². The molecule has 0 aromatic heterocycles. The molecule has 1 spiro atoms. The highest BCUT2D eigenvalue weighted by molar-refractivity contribution is 5.87. The van der Waals surface area contributed by atoms with Gasteiger partial charge in [0.2, 0.25) is 0 Å². The molecule has 4 aliphatic rings. The SMILES string of the molecule is COc1ccc2c3c1O[C@@H]1C(OC(=O)[C@H](O)[C@@H](O)C(=O)O[C@@H](C)C(=O)O)=CC[C@]4(O)[C@H](C2)N(C)CC[C@@]314. The summed E-state index contributed by atoms with van der Waals surface area (Å²) in [6.07, 6.45) is -4.49. The number of likely N-dealkylation sites (tertiary alicyclic amines) is 1. The number of hydrogen-bond donors (Lipinski definition) is 4. The highest BCUT2D eigenvalue weighted by atomic mass is 16.6. The quantitative estimate of drug-likeness (QED) is 0.333. The Morgan fingerprint density at radius 3 is 2.57 bits per heavy atom. The van der Waals surface area contributed by atoms with Crippen LogP contribution in [0.4, 0.5) is 0 Å². The summed E-state index contributed by atoms with van der Waals surface area (Å²) in [5.74, 6) is -3.35. The molecule has 4 N–H and O–H groups in total. The number of aliphatic hydroxyl groups is 3. The summed E-state index contributed by atoms with van der Waals surface area (Å²) < 4.78 is 21.8. The summed E-state index contributed by atoms with van der Waals surface area (Å²) in [5, 5.41) is 41.4. The lowest BCUT2D eigenvalue weighted by atomic mass is 9.50. The normalized spacial score (nSPS) is 31.7. The Bertz CT molecular complexity index is 1200. The van der Waals surface area contributed by atoms with Crippen LogP contribution in [0.2, 0.25) is 0 Å². The van der Waals surface area contributed by atoms with Gasteiger partial charge in [0.1, 0.15) is 5.76 Å². The molecule has 1 saturated heterocycles. The Morgan fingerprint density at radius 1 is 1.19 bits per heavy atom. The van der Waals surface area contributed by atoms with Gasteiger partial charge in [-0.1, -0.05) is 6.07 Å². The van der Waals surface area contributed by atoms with Crippen LogP contribution in [0.15, 0.2) is 24.0 Å². The van der Waals surface area contributed by atoms with Crippen molar-refractivity contribution in [2.24, 2.45) is 0 Å². The minimum atomic E-state index is -2.37. The molecule has 200 valence electrons. The van der Waals surface area contributed by atoms with Gasteiger partial charge >= 0.3 is 17.9 Å². The largest absolute Gasteiger partial charge is 0.493 e. The number of hydrogen-bond acceptors (Lipinski definition) is 11. The summed E-state index contributed by atoms with van der Waals surface area (Å²) >= 11 is 0. The average Bonchev–Trinajstić information content (AvgIpc) is 3.22. The van der Waals surface area contributed by atoms with E-state index in [0.717, 1.165) is 18.1 Å². The molecule has 1 aromatic carbocycles. The molecule has 2 bridgehead atoms. The number of esters is 2. The summed E-state index contributed by atoms with van der Waals surface area (Å²) in [6.45, 7) is 1.71. The van der Waals surface area contributed by atoms with Gasteiger partial charge in [0.15, 0.2) is 35.9 Å². The van der Waals surface area contributed by atoms with Crippen molar-refractivity contribution in [3.8, 4) is 11.5 Å². The zero-order valence-electron chi connectivity index (χ0n) is 20.5. The molecule has 5 rings (SSSR count). The summed E-state index contributed by atoms with van der Waals surface area (Å²) in [4.78, 5) is 37.8. The van der Waals surface area contributed by atoms with E-state index in [1.165, 1.54) is 13.2 Å². The monoisotopic (exact) mass is 519 g/mol. The first-order chi connectivity index (χ1) is 17.5. The molecule has 1 aromatic rings. The standard InChI is InChI=1S/C25H29NO11/c1-11(21(29)30)35-22(31)17(27)18(28)23(32)36-14-6-7-25(33)15-10-12-4-5-13(34-3)19-16(12)24(25,20(14)37-19)8-9-26(15)2/h4-6,11,15,17-18,20,27-28,33H,7-10H2,1-3H3,(H,29,30)/t11-,15-,17+,18+,20+,24+,25-/m0/s1. The second kappa shape index (κ2) is 8.69. The lowest BCUT2D eigenvalue weighted by molar-refractivity contribution is -0.182. The molecule has 0 amide bonds. The van der Waals surface area contributed by atoms with E-state index in [9.17, 15) is 29.7 Å². The number of rotatable bonds is 7. The third-order valence-electron chi connectivity index (χ3n) is 8.20. The highest BCUT2D eigenvalue weighted by Crippen LogP contribution is 2.65. The maximum atomic E-state index is 12.8. The lowest BCUT2D eigenvalue weighted by Gasteiger charge is -2.61. The molecule has 2 heterocycles. The van der Waals surface area contributed by atoms with Gasteiger partial charge < -0.3 is 44.3 Å². The maximum absolute atomic E-state index is 12.8. The first-order valence-electron chi connectivity index (χ1n) is 12.0. The molecule has 7 atom stereocenters. The number of benzene rings is 1. The summed E-state index contributed by atoms with van der Waals surface area (Å²) in [5.41, 5.74) is -0.374. The average molecular weight is 520 g/mol. The van der Waals surface area contributed by atoms with Crippen molar-refractivity contribution >= 4 is 17.9 Å². The van der Waals surface area contributed by atoms with E-state index in [0.29, 0.717) is 30.9 Å². The number of carbonyl (C=O) groups is 3. The van der Waals surface area contributed by atoms with Gasteiger partial charge in [0.05, 0.1) is 18.1 Å². The van der Waals surface area contributed by atoms with E-state index in [-0.39, 0.29) is 18.2 Å². The Hall–Kier alpha value is -3.19. The highest BCUT2D eigenvalue weighted by Gasteiger charge is 2.72. The van der Waals surface area contributed by atoms with Crippen LogP contribution in [0.3, 0.4) is 0 Å². The second-order valence-corrected chi connectivity index (χ2v) is 10.0. The molecule has 37 heavy (non-hydrogen) atoms. The zero-order chi connectivity index (χ0) is 26.9. The number of methoxy groups -OCH3 is 1. The number of aliphatic carboxylic acids is 1. The van der Waals surface area contributed by atoms with Gasteiger partial charge in [0, 0.05) is 18.0 Å². The van der Waals surface area contributed by atoms with Crippen LogP contribution in [0, 0.1) is 0 Å². The predicted octanol–water partition coefficient (Wildman–Crippen LogP) is -0.746. The Kier molecular flexibility index (Phi) is 5.98. The number of carbonyl (C=O) groups excluding carboxylic acids is 2. The third-order valence-corrected chi connectivity index (χ3v) is 8.20. The van der Waals surface area contributed by atoms with Gasteiger partial charge in [-0.2, -0.15) is 0 Å². The van der Waals surface area contributed by atoms with Crippen LogP contribution in [-0.4, -0.2) is 100.0 Å². The minimum absolute atomic E-state index is 0.0302. The van der Waals surface area contributed by atoms with E-state index in [4.69, 9.17) is 19.3 Å². The lowest BCUT2D eigenvalue weighted by Crippen LogP contribution is -2.74. The Labute approximate surface area is 212 Å². The number of nitrogens with zero attached hydrogens (tertiary/aromatic N) is 1. The number of ether oxygens (including phenoxy) is 4. The van der Waals surface area contributed by atoms with Crippen LogP contribution in [0.1, 0.15) is 30.9 Å². The fourth-order valence-corrected chi connectivity index (χ4v) is 6.32. The van der Waals surface area contributed by atoms with Crippen molar-refractivity contribution in [3.63, 3.8) is 0 Å². The number of carboxylic acid groups (broad SMARTS) is 1. The second-order valence-electron chi connectivity index (χ2n) is 10.0. The van der Waals surface area contributed by atoms with Gasteiger partial charge in [0.25, 0.3) is 0 Å². The van der Waals surface area contributed by atoms with Crippen molar-refractivity contribution < 1.29 is 53.8 Å². The predicted molar refractivity (Wildman–Crippen MR) is 123 cm³/mol. The summed E-state index contributed by atoms with van der Waals surface area (Å²) in [6, 6.07) is 3.53. The van der Waals surface area contributed by atoms with E-state index >= 15 is 0 Å². The van der Waals surface area contributed by atoms with Crippen LogP contribution in [0.25, 0.3) is 0 Å². The van der Waals surface area contributed by atoms with E-state index in [1.54, 1.807) is 6.07 Å². The molecule has 12 heteroatoms. The van der Waals surface area contributed by atoms with Gasteiger partial charge in [-0.25, -0.2) is 14.4 Å². The van der Waals surface area contributed by atoms with Gasteiger partial charge in [-0.3, -0.25) is 0 Å². The first kappa shape index (κ1) is 25.5. The van der Waals surface area contributed by atoms with Crippen molar-refractivity contribution in [1.82, 2.24) is 4.90 Å². The van der Waals surface area contributed by atoms with Crippen molar-refractivity contribution in [3.05, 3.63) is 35.1 Å². The van der Waals surface area contributed by atoms with Crippen LogP contribution >= 0.6 is 0 Å². The van der Waals surface area contributed by atoms with Crippen LogP contribution < -0.4 is 9.47 Å². The van der Waals surface area contributed by atoms with Crippen LogP contribution in [0.5, 0.6) is 11.5 Å². The topological polar surface area (TPSA) is 172 Å². The fraction of sp³-hybridized carbons (Fsp3) is 0.560. The number of carboxylic acids is 1. The molecule has 2 aliphatic heterocycles. The number of likely N-dealkylation sites (N-methyl/N-ethyl adjacent to an activating group) is 1. The molecular weight excluding hydrogens is 490 g/mol. The fourth-order valence-electron chi connectivity index (χ4n) is 6.32. The molecule has 1 fully saturated rings. The third kappa shape index (κ3) is 3.46. The molecule has 2 aliphatic carbocycles. The molecule has 12 nitrogen and oxygen atoms in total. The van der Waals surface area contributed by atoms with Gasteiger partial charge in [-0.05, 0) is 51.1 Å². The Balaban J connectivity index is 1.46. The first-order valence-corrected chi connectivity index (χ1v) is 12.0. The zero-order valence-corrected chi connectivity index (χ0v) is 20.5. The van der Waals surface area contributed by atoms with E-state index in [1.807, 2.05) is 13.1 Å². The molecule has 0 radical (unpaired) electrons. The molecular formula is C25H29NO11. The summed E-state index contributed by atoms with van der Waals surface area (Å²) in [7, 11) is 3.46. The van der Waals surface area contributed by atoms with Gasteiger partial charge in [-0.15, -0.1) is 0 Å². The number of piperidine rings is 1. The van der Waals surface area contributed by atoms with E-state index in [2.05, 4.69) is 9.64 Å². The minimum Gasteiger partial charge on any atom is -0.493 e.